The molecule has 0 saturated heterocycles. The Kier molecular flexibility index (Phi) is 3.19. The van der Waals surface area contributed by atoms with Crippen LogP contribution in [0.25, 0.3) is 11.0 Å². The Bertz CT molecular complexity index is 657. The van der Waals surface area contributed by atoms with Crippen molar-refractivity contribution in [3.8, 4) is 0 Å². The van der Waals surface area contributed by atoms with E-state index < -0.39 is 0 Å². The summed E-state index contributed by atoms with van der Waals surface area (Å²) in [5, 5.41) is 0. The first-order valence-corrected chi connectivity index (χ1v) is 6.92. The minimum atomic E-state index is -0.246. The van der Waals surface area contributed by atoms with E-state index in [1.807, 2.05) is 10.6 Å². The van der Waals surface area contributed by atoms with E-state index >= 15 is 0 Å². The molecule has 0 radical (unpaired) electrons. The zero-order valence-corrected chi connectivity index (χ0v) is 11.7. The largest absolute Gasteiger partial charge is 0.385 e. The lowest BCUT2D eigenvalue weighted by Gasteiger charge is -2.16. The number of ether oxygens (including phenoxy) is 1. The van der Waals surface area contributed by atoms with Gasteiger partial charge in [0.1, 0.15) is 11.3 Å². The highest BCUT2D eigenvalue weighted by Gasteiger charge is 2.42. The van der Waals surface area contributed by atoms with Crippen LogP contribution in [0.15, 0.2) is 18.2 Å². The van der Waals surface area contributed by atoms with Crippen LogP contribution in [0.4, 0.5) is 4.39 Å². The number of imidazole rings is 1. The normalized spacial score (nSPS) is 16.9. The number of H-pyrrole nitrogens is 1. The van der Waals surface area contributed by atoms with Gasteiger partial charge < -0.3 is 14.3 Å². The van der Waals surface area contributed by atoms with Gasteiger partial charge in [-0.05, 0) is 49.0 Å². The maximum Gasteiger partial charge on any atom is 0.178 e. The Morgan fingerprint density at radius 1 is 1.47 bits per heavy atom. The molecule has 0 spiro atoms. The quantitative estimate of drug-likeness (QED) is 0.847. The maximum atomic E-state index is 13.7. The third-order valence-corrected chi connectivity index (χ3v) is 4.37. The molecule has 19 heavy (non-hydrogen) atoms. The lowest BCUT2D eigenvalue weighted by atomic mass is 10.0. The predicted molar refractivity (Wildman–Crippen MR) is 75.2 cm³/mol. The van der Waals surface area contributed by atoms with Crippen LogP contribution >= 0.6 is 12.2 Å². The Morgan fingerprint density at radius 3 is 2.95 bits per heavy atom. The number of aromatic amines is 1. The number of nitrogens with one attached hydrogen (secondary N) is 1. The molecule has 1 heterocycles. The summed E-state index contributed by atoms with van der Waals surface area (Å²) in [6.07, 6.45) is 3.42. The van der Waals surface area contributed by atoms with Crippen LogP contribution in [0.3, 0.4) is 0 Å². The third kappa shape index (κ3) is 2.32. The summed E-state index contributed by atoms with van der Waals surface area (Å²) >= 11 is 5.33. The van der Waals surface area contributed by atoms with Crippen molar-refractivity contribution in [3.05, 3.63) is 28.8 Å². The summed E-state index contributed by atoms with van der Waals surface area (Å²) in [7, 11) is 1.73. The second kappa shape index (κ2) is 4.72. The second-order valence-electron chi connectivity index (χ2n) is 5.39. The zero-order chi connectivity index (χ0) is 13.5. The van der Waals surface area contributed by atoms with Crippen molar-refractivity contribution in [2.75, 3.05) is 13.7 Å². The average molecular weight is 280 g/mol. The summed E-state index contributed by atoms with van der Waals surface area (Å²) in [5.41, 5.74) is 1.65. The average Bonchev–Trinajstić information content (AvgIpc) is 3.09. The van der Waals surface area contributed by atoms with Crippen molar-refractivity contribution in [1.29, 1.82) is 0 Å². The fourth-order valence-corrected chi connectivity index (χ4v) is 2.89. The molecular formula is C14H17FN2OS. The van der Waals surface area contributed by atoms with Crippen molar-refractivity contribution in [3.63, 3.8) is 0 Å². The van der Waals surface area contributed by atoms with Crippen LogP contribution in [0.5, 0.6) is 0 Å². The lowest BCUT2D eigenvalue weighted by molar-refractivity contribution is 0.167. The van der Waals surface area contributed by atoms with E-state index in [1.54, 1.807) is 13.2 Å². The number of hydrogen-bond donors (Lipinski definition) is 1. The van der Waals surface area contributed by atoms with Gasteiger partial charge in [-0.2, -0.15) is 0 Å². The maximum absolute atomic E-state index is 13.7. The Hall–Kier alpha value is -1.20. The first-order chi connectivity index (χ1) is 9.15. The third-order valence-electron chi connectivity index (χ3n) is 4.05. The van der Waals surface area contributed by atoms with Gasteiger partial charge in [-0.25, -0.2) is 4.39 Å². The number of benzene rings is 1. The number of fused-ring (bicyclic) bond motifs is 1. The number of rotatable bonds is 5. The molecule has 0 aliphatic heterocycles. The van der Waals surface area contributed by atoms with Gasteiger partial charge in [-0.15, -0.1) is 0 Å². The van der Waals surface area contributed by atoms with Gasteiger partial charge in [0, 0.05) is 20.3 Å². The van der Waals surface area contributed by atoms with Crippen LogP contribution in [0, 0.1) is 16.0 Å². The number of hydrogen-bond acceptors (Lipinski definition) is 2. The standard InChI is InChI=1S/C14H17FN2OS/c1-18-8-7-14(5-6-14)9-17-11-4-2-3-10(15)12(11)16-13(17)19/h2-4H,5-9H2,1H3,(H,16,19). The van der Waals surface area contributed by atoms with Crippen molar-refractivity contribution >= 4 is 23.3 Å². The van der Waals surface area contributed by atoms with Crippen molar-refractivity contribution in [2.24, 2.45) is 5.41 Å². The van der Waals surface area contributed by atoms with E-state index in [0.29, 0.717) is 10.3 Å². The number of halogens is 1. The SMILES string of the molecule is COCCC1(Cn2c(=S)[nH]c3c(F)cccc32)CC1. The van der Waals surface area contributed by atoms with E-state index in [1.165, 1.54) is 18.9 Å². The molecule has 3 nitrogen and oxygen atoms in total. The zero-order valence-electron chi connectivity index (χ0n) is 10.9. The molecular weight excluding hydrogens is 263 g/mol. The van der Waals surface area contributed by atoms with Crippen LogP contribution in [0.2, 0.25) is 0 Å². The number of aromatic nitrogens is 2. The van der Waals surface area contributed by atoms with E-state index in [9.17, 15) is 4.39 Å². The van der Waals surface area contributed by atoms with Crippen molar-refractivity contribution in [2.45, 2.75) is 25.8 Å². The number of nitrogens with zero attached hydrogens (tertiary/aromatic N) is 1. The minimum Gasteiger partial charge on any atom is -0.385 e. The molecule has 5 heteroatoms. The van der Waals surface area contributed by atoms with Crippen LogP contribution in [-0.4, -0.2) is 23.3 Å². The smallest absolute Gasteiger partial charge is 0.178 e. The fraction of sp³-hybridized carbons (Fsp3) is 0.500. The van der Waals surface area contributed by atoms with Gasteiger partial charge in [0.15, 0.2) is 4.77 Å². The highest BCUT2D eigenvalue weighted by Crippen LogP contribution is 2.50. The minimum absolute atomic E-state index is 0.246. The van der Waals surface area contributed by atoms with Crippen LogP contribution < -0.4 is 0 Å². The summed E-state index contributed by atoms with van der Waals surface area (Å²) < 4.78 is 21.5. The summed E-state index contributed by atoms with van der Waals surface area (Å²) in [4.78, 5) is 2.97. The van der Waals surface area contributed by atoms with Gasteiger partial charge in [-0.3, -0.25) is 0 Å². The fourth-order valence-electron chi connectivity index (χ4n) is 2.62. The molecule has 1 aliphatic rings. The number of para-hydroxylation sites is 1. The van der Waals surface area contributed by atoms with E-state index in [-0.39, 0.29) is 11.2 Å². The molecule has 3 rings (SSSR count). The van der Waals surface area contributed by atoms with Gasteiger partial charge >= 0.3 is 0 Å². The predicted octanol–water partition coefficient (Wildman–Crippen LogP) is 3.65. The molecule has 102 valence electrons. The molecule has 0 bridgehead atoms. The molecule has 0 unspecified atom stereocenters. The van der Waals surface area contributed by atoms with E-state index in [0.717, 1.165) is 25.1 Å². The molecule has 1 N–H and O–H groups in total. The molecule has 0 atom stereocenters. The lowest BCUT2D eigenvalue weighted by Crippen LogP contribution is -2.14. The molecule has 1 aromatic heterocycles. The molecule has 1 aliphatic carbocycles. The summed E-state index contributed by atoms with van der Waals surface area (Å²) in [6, 6.07) is 5.10. The molecule has 1 saturated carbocycles. The Morgan fingerprint density at radius 2 is 2.26 bits per heavy atom. The van der Waals surface area contributed by atoms with E-state index in [2.05, 4.69) is 4.98 Å². The monoisotopic (exact) mass is 280 g/mol. The van der Waals surface area contributed by atoms with Crippen molar-refractivity contribution in [1.82, 2.24) is 9.55 Å². The molecule has 1 fully saturated rings. The van der Waals surface area contributed by atoms with Crippen LogP contribution in [0.1, 0.15) is 19.3 Å². The highest BCUT2D eigenvalue weighted by atomic mass is 32.1. The van der Waals surface area contributed by atoms with Gasteiger partial charge in [0.2, 0.25) is 0 Å². The molecule has 2 aromatic rings. The highest BCUT2D eigenvalue weighted by molar-refractivity contribution is 7.71. The second-order valence-corrected chi connectivity index (χ2v) is 5.78. The first-order valence-electron chi connectivity index (χ1n) is 6.51. The molecule has 0 amide bonds. The molecule has 1 aromatic carbocycles. The summed E-state index contributed by atoms with van der Waals surface area (Å²) in [6.45, 7) is 1.61. The first kappa shape index (κ1) is 12.8. The number of methoxy groups -OCH3 is 1. The van der Waals surface area contributed by atoms with Gasteiger partial charge in [-0.1, -0.05) is 6.07 Å². The summed E-state index contributed by atoms with van der Waals surface area (Å²) in [5.74, 6) is -0.246. The Labute approximate surface area is 116 Å². The van der Waals surface area contributed by atoms with Gasteiger partial charge in [0.25, 0.3) is 0 Å². The topological polar surface area (TPSA) is 29.9 Å². The van der Waals surface area contributed by atoms with Gasteiger partial charge in [0.05, 0.1) is 5.52 Å². The van der Waals surface area contributed by atoms with Crippen LogP contribution in [-0.2, 0) is 11.3 Å². The van der Waals surface area contributed by atoms with E-state index in [4.69, 9.17) is 17.0 Å². The Balaban J connectivity index is 1.95. The van der Waals surface area contributed by atoms with Crippen molar-refractivity contribution < 1.29 is 9.13 Å².